The smallest absolute Gasteiger partial charge is 0.242 e. The summed E-state index contributed by atoms with van der Waals surface area (Å²) >= 11 is 0. The molecule has 0 aliphatic heterocycles. The third-order valence-electron chi connectivity index (χ3n) is 2.89. The van der Waals surface area contributed by atoms with Crippen molar-refractivity contribution in [3.8, 4) is 0 Å². The Bertz CT molecular complexity index is 215. The SMILES string of the molecule is CCCCN(CCOC)C(=O)C(C)(N)CCC.Cl. The van der Waals surface area contributed by atoms with E-state index in [4.69, 9.17) is 10.5 Å². The molecule has 0 saturated heterocycles. The van der Waals surface area contributed by atoms with E-state index in [1.54, 1.807) is 7.11 Å². The van der Waals surface area contributed by atoms with Crippen LogP contribution in [-0.2, 0) is 9.53 Å². The number of rotatable bonds is 9. The first-order valence-electron chi connectivity index (χ1n) is 6.56. The van der Waals surface area contributed by atoms with Gasteiger partial charge in [0.2, 0.25) is 5.91 Å². The highest BCUT2D eigenvalue weighted by molar-refractivity contribution is 5.85. The van der Waals surface area contributed by atoms with Crippen molar-refractivity contribution >= 4 is 18.3 Å². The van der Waals surface area contributed by atoms with Crippen LogP contribution >= 0.6 is 12.4 Å². The zero-order valence-corrected chi connectivity index (χ0v) is 13.0. The highest BCUT2D eigenvalue weighted by Gasteiger charge is 2.31. The maximum Gasteiger partial charge on any atom is 0.242 e. The number of carbonyl (C=O) groups excluding carboxylic acids is 1. The number of carbonyl (C=O) groups is 1. The first-order valence-corrected chi connectivity index (χ1v) is 6.56. The molecule has 1 atom stereocenters. The summed E-state index contributed by atoms with van der Waals surface area (Å²) in [7, 11) is 1.65. The summed E-state index contributed by atoms with van der Waals surface area (Å²) in [4.78, 5) is 14.1. The van der Waals surface area contributed by atoms with Crippen molar-refractivity contribution in [3.05, 3.63) is 0 Å². The summed E-state index contributed by atoms with van der Waals surface area (Å²) < 4.78 is 5.04. The van der Waals surface area contributed by atoms with E-state index < -0.39 is 5.54 Å². The van der Waals surface area contributed by atoms with Crippen molar-refractivity contribution < 1.29 is 9.53 Å². The van der Waals surface area contributed by atoms with Gasteiger partial charge in [0.1, 0.15) is 0 Å². The lowest BCUT2D eigenvalue weighted by molar-refractivity contribution is -0.137. The topological polar surface area (TPSA) is 55.6 Å². The van der Waals surface area contributed by atoms with Gasteiger partial charge in [0.15, 0.2) is 0 Å². The molecule has 110 valence electrons. The minimum absolute atomic E-state index is 0. The number of hydrogen-bond acceptors (Lipinski definition) is 3. The average Bonchev–Trinajstić information content (AvgIpc) is 2.28. The Labute approximate surface area is 118 Å². The van der Waals surface area contributed by atoms with E-state index in [1.165, 1.54) is 0 Å². The molecular formula is C13H29ClN2O2. The third-order valence-corrected chi connectivity index (χ3v) is 2.89. The number of methoxy groups -OCH3 is 1. The zero-order valence-electron chi connectivity index (χ0n) is 12.2. The molecular weight excluding hydrogens is 252 g/mol. The quantitative estimate of drug-likeness (QED) is 0.704. The van der Waals surface area contributed by atoms with Gasteiger partial charge in [-0.1, -0.05) is 26.7 Å². The van der Waals surface area contributed by atoms with Crippen molar-refractivity contribution in [1.29, 1.82) is 0 Å². The molecule has 0 aromatic rings. The van der Waals surface area contributed by atoms with E-state index in [0.717, 1.165) is 32.2 Å². The second kappa shape index (κ2) is 10.6. The molecule has 0 radical (unpaired) electrons. The molecule has 0 rings (SSSR count). The predicted molar refractivity (Wildman–Crippen MR) is 78.1 cm³/mol. The predicted octanol–water partition coefficient (Wildman–Crippen LogP) is 2.20. The number of nitrogens with zero attached hydrogens (tertiary/aromatic N) is 1. The molecule has 1 amide bonds. The molecule has 0 heterocycles. The summed E-state index contributed by atoms with van der Waals surface area (Å²) in [5.74, 6) is 0.0462. The van der Waals surface area contributed by atoms with Crippen molar-refractivity contribution in [3.63, 3.8) is 0 Å². The Morgan fingerprint density at radius 2 is 1.89 bits per heavy atom. The van der Waals surface area contributed by atoms with Crippen LogP contribution in [0.5, 0.6) is 0 Å². The number of ether oxygens (including phenoxy) is 1. The van der Waals surface area contributed by atoms with E-state index in [9.17, 15) is 4.79 Å². The Balaban J connectivity index is 0. The van der Waals surface area contributed by atoms with Gasteiger partial charge in [0, 0.05) is 20.2 Å². The Hall–Kier alpha value is -0.320. The standard InChI is InChI=1S/C13H28N2O2.ClH/c1-5-7-9-15(10-11-17-4)12(16)13(3,14)8-6-2;/h5-11,14H2,1-4H3;1H. The van der Waals surface area contributed by atoms with E-state index in [1.807, 2.05) is 18.7 Å². The largest absolute Gasteiger partial charge is 0.383 e. The third kappa shape index (κ3) is 7.19. The second-order valence-electron chi connectivity index (χ2n) is 4.81. The molecule has 0 aromatic heterocycles. The lowest BCUT2D eigenvalue weighted by Crippen LogP contribution is -2.54. The van der Waals surface area contributed by atoms with E-state index in [-0.39, 0.29) is 18.3 Å². The van der Waals surface area contributed by atoms with Gasteiger partial charge >= 0.3 is 0 Å². The van der Waals surface area contributed by atoms with Gasteiger partial charge in [-0.3, -0.25) is 4.79 Å². The molecule has 4 nitrogen and oxygen atoms in total. The first kappa shape index (κ1) is 20.0. The van der Waals surface area contributed by atoms with Gasteiger partial charge in [0.05, 0.1) is 12.1 Å². The Morgan fingerprint density at radius 1 is 1.28 bits per heavy atom. The summed E-state index contributed by atoms with van der Waals surface area (Å²) in [5.41, 5.74) is 5.34. The minimum atomic E-state index is -0.740. The molecule has 0 aliphatic rings. The number of hydrogen-bond donors (Lipinski definition) is 1. The molecule has 0 aromatic carbocycles. The zero-order chi connectivity index (χ0) is 13.3. The first-order chi connectivity index (χ1) is 7.99. The molecule has 5 heteroatoms. The lowest BCUT2D eigenvalue weighted by atomic mass is 9.95. The van der Waals surface area contributed by atoms with Crippen molar-refractivity contribution in [2.45, 2.75) is 52.0 Å². The minimum Gasteiger partial charge on any atom is -0.383 e. The van der Waals surface area contributed by atoms with Crippen molar-refractivity contribution in [2.24, 2.45) is 5.73 Å². The van der Waals surface area contributed by atoms with Gasteiger partial charge < -0.3 is 15.4 Å². The average molecular weight is 281 g/mol. The Kier molecular flexibility index (Phi) is 11.8. The molecule has 18 heavy (non-hydrogen) atoms. The summed E-state index contributed by atoms with van der Waals surface area (Å²) in [5, 5.41) is 0. The van der Waals surface area contributed by atoms with Crippen LogP contribution in [0.4, 0.5) is 0 Å². The summed E-state index contributed by atoms with van der Waals surface area (Å²) in [6, 6.07) is 0. The van der Waals surface area contributed by atoms with Gasteiger partial charge in [0.25, 0.3) is 0 Å². The van der Waals surface area contributed by atoms with Gasteiger partial charge in [-0.05, 0) is 19.8 Å². The molecule has 0 saturated carbocycles. The number of halogens is 1. The van der Waals surface area contributed by atoms with Crippen LogP contribution < -0.4 is 5.73 Å². The van der Waals surface area contributed by atoms with Gasteiger partial charge in [-0.25, -0.2) is 0 Å². The lowest BCUT2D eigenvalue weighted by Gasteiger charge is -2.31. The number of nitrogens with two attached hydrogens (primary N) is 1. The van der Waals surface area contributed by atoms with Crippen LogP contribution in [0.3, 0.4) is 0 Å². The van der Waals surface area contributed by atoms with Crippen molar-refractivity contribution in [2.75, 3.05) is 26.8 Å². The summed E-state index contributed by atoms with van der Waals surface area (Å²) in [6.45, 7) is 7.96. The molecule has 0 spiro atoms. The van der Waals surface area contributed by atoms with Crippen molar-refractivity contribution in [1.82, 2.24) is 4.90 Å². The molecule has 1 unspecified atom stereocenters. The second-order valence-corrected chi connectivity index (χ2v) is 4.81. The van der Waals surface area contributed by atoms with E-state index >= 15 is 0 Å². The number of unbranched alkanes of at least 4 members (excludes halogenated alkanes) is 1. The summed E-state index contributed by atoms with van der Waals surface area (Å²) in [6.07, 6.45) is 3.73. The maximum absolute atomic E-state index is 12.3. The molecule has 2 N–H and O–H groups in total. The van der Waals surface area contributed by atoms with Gasteiger partial charge in [-0.15, -0.1) is 12.4 Å². The van der Waals surface area contributed by atoms with Gasteiger partial charge in [-0.2, -0.15) is 0 Å². The molecule has 0 aliphatic carbocycles. The van der Waals surface area contributed by atoms with Crippen LogP contribution in [0, 0.1) is 0 Å². The van der Waals surface area contributed by atoms with Crippen LogP contribution in [0.2, 0.25) is 0 Å². The fourth-order valence-corrected chi connectivity index (χ4v) is 1.85. The van der Waals surface area contributed by atoms with E-state index in [2.05, 4.69) is 6.92 Å². The molecule has 0 bridgehead atoms. The fourth-order valence-electron chi connectivity index (χ4n) is 1.85. The van der Waals surface area contributed by atoms with E-state index in [0.29, 0.717) is 13.2 Å². The Morgan fingerprint density at radius 3 is 2.33 bits per heavy atom. The van der Waals surface area contributed by atoms with Crippen LogP contribution in [0.1, 0.15) is 46.5 Å². The fraction of sp³-hybridized carbons (Fsp3) is 0.923. The molecule has 0 fully saturated rings. The van der Waals surface area contributed by atoms with Crippen LogP contribution in [0.25, 0.3) is 0 Å². The van der Waals surface area contributed by atoms with Crippen LogP contribution in [-0.4, -0.2) is 43.2 Å². The monoisotopic (exact) mass is 280 g/mol. The normalized spacial score (nSPS) is 13.6. The number of amides is 1. The maximum atomic E-state index is 12.3. The highest BCUT2D eigenvalue weighted by Crippen LogP contribution is 2.13. The highest BCUT2D eigenvalue weighted by atomic mass is 35.5. The van der Waals surface area contributed by atoms with Crippen LogP contribution in [0.15, 0.2) is 0 Å².